The van der Waals surface area contributed by atoms with Gasteiger partial charge in [0.25, 0.3) is 0 Å². The zero-order valence-corrected chi connectivity index (χ0v) is 13.7. The molecule has 0 spiro atoms. The maximum Gasteiger partial charge on any atom is 0.130 e. The molecule has 4 heteroatoms. The van der Waals surface area contributed by atoms with E-state index in [4.69, 9.17) is 0 Å². The topological polar surface area (TPSA) is 18.5 Å². The van der Waals surface area contributed by atoms with Gasteiger partial charge >= 0.3 is 0 Å². The summed E-state index contributed by atoms with van der Waals surface area (Å²) in [7, 11) is 4.27. The lowest BCUT2D eigenvalue weighted by atomic mass is 9.99. The van der Waals surface area contributed by atoms with E-state index in [-0.39, 0.29) is 11.9 Å². The van der Waals surface area contributed by atoms with E-state index in [0.717, 1.165) is 43.7 Å². The molecule has 1 heterocycles. The van der Waals surface area contributed by atoms with Crippen molar-refractivity contribution in [2.45, 2.75) is 38.8 Å². The van der Waals surface area contributed by atoms with Gasteiger partial charge in [-0.1, -0.05) is 13.0 Å². The van der Waals surface area contributed by atoms with Crippen molar-refractivity contribution in [3.8, 4) is 0 Å². The normalized spacial score (nSPS) is 18.7. The highest BCUT2D eigenvalue weighted by Crippen LogP contribution is 2.31. The highest BCUT2D eigenvalue weighted by molar-refractivity contribution is 5.56. The summed E-state index contributed by atoms with van der Waals surface area (Å²) in [5.74, 6) is -0.110. The maximum absolute atomic E-state index is 14.3. The quantitative estimate of drug-likeness (QED) is 0.900. The first-order valence-electron chi connectivity index (χ1n) is 7.97. The lowest BCUT2D eigenvalue weighted by Gasteiger charge is -2.38. The smallest absolute Gasteiger partial charge is 0.130 e. The van der Waals surface area contributed by atoms with Crippen LogP contribution in [0.2, 0.25) is 0 Å². The first-order chi connectivity index (χ1) is 10.0. The van der Waals surface area contributed by atoms with E-state index in [2.05, 4.69) is 36.1 Å². The van der Waals surface area contributed by atoms with Crippen LogP contribution >= 0.6 is 0 Å². The summed E-state index contributed by atoms with van der Waals surface area (Å²) in [6.07, 6.45) is 2.27. The number of hydrogen-bond donors (Lipinski definition) is 1. The molecular formula is C17H28FN3. The van der Waals surface area contributed by atoms with Crippen molar-refractivity contribution in [1.29, 1.82) is 0 Å². The molecular weight excluding hydrogens is 265 g/mol. The minimum Gasteiger partial charge on any atom is -0.371 e. The lowest BCUT2D eigenvalue weighted by molar-refractivity contribution is 0.252. The van der Waals surface area contributed by atoms with Crippen LogP contribution in [0.1, 0.15) is 38.3 Å². The standard InChI is InChI=1S/C17H28FN3/c1-5-19-13(2)17-15(18)7-6-8-16(17)21(4)14-9-11-20(3)12-10-14/h6-8,13-14,19H,5,9-12H2,1-4H3. The number of anilines is 1. The number of piperidine rings is 1. The Kier molecular flexibility index (Phi) is 5.59. The van der Waals surface area contributed by atoms with E-state index >= 15 is 0 Å². The first kappa shape index (κ1) is 16.2. The summed E-state index contributed by atoms with van der Waals surface area (Å²) in [6, 6.07) is 5.95. The van der Waals surface area contributed by atoms with Gasteiger partial charge in [0, 0.05) is 30.4 Å². The number of halogens is 1. The summed E-state index contributed by atoms with van der Waals surface area (Å²) in [5.41, 5.74) is 1.82. The molecule has 2 rings (SSSR count). The van der Waals surface area contributed by atoms with E-state index in [0.29, 0.717) is 6.04 Å². The fraction of sp³-hybridized carbons (Fsp3) is 0.647. The Hall–Kier alpha value is -1.13. The molecule has 1 saturated heterocycles. The van der Waals surface area contributed by atoms with Crippen LogP contribution < -0.4 is 10.2 Å². The molecule has 1 aromatic carbocycles. The Morgan fingerprint density at radius 3 is 2.67 bits per heavy atom. The van der Waals surface area contributed by atoms with Gasteiger partial charge in [-0.05, 0) is 58.6 Å². The predicted octanol–water partition coefficient (Wildman–Crippen LogP) is 3.03. The molecule has 0 amide bonds. The molecule has 1 atom stereocenters. The van der Waals surface area contributed by atoms with Crippen LogP contribution in [0.25, 0.3) is 0 Å². The molecule has 0 radical (unpaired) electrons. The van der Waals surface area contributed by atoms with Crippen molar-refractivity contribution < 1.29 is 4.39 Å². The predicted molar refractivity (Wildman–Crippen MR) is 87.4 cm³/mol. The molecule has 3 nitrogen and oxygen atoms in total. The Balaban J connectivity index is 2.24. The van der Waals surface area contributed by atoms with E-state index in [1.807, 2.05) is 19.1 Å². The number of nitrogens with zero attached hydrogens (tertiary/aromatic N) is 2. The second-order valence-corrected chi connectivity index (χ2v) is 6.10. The van der Waals surface area contributed by atoms with Gasteiger partial charge in [0.05, 0.1) is 0 Å². The number of likely N-dealkylation sites (tertiary alicyclic amines) is 1. The minimum atomic E-state index is -0.110. The first-order valence-corrected chi connectivity index (χ1v) is 7.97. The molecule has 0 aliphatic carbocycles. The average Bonchev–Trinajstić information content (AvgIpc) is 2.47. The van der Waals surface area contributed by atoms with Crippen LogP contribution in [0.5, 0.6) is 0 Å². The molecule has 118 valence electrons. The van der Waals surface area contributed by atoms with Crippen molar-refractivity contribution in [3.63, 3.8) is 0 Å². The third-order valence-corrected chi connectivity index (χ3v) is 4.59. The van der Waals surface area contributed by atoms with Crippen molar-refractivity contribution in [2.24, 2.45) is 0 Å². The molecule has 0 aromatic heterocycles. The lowest BCUT2D eigenvalue weighted by Crippen LogP contribution is -2.42. The van der Waals surface area contributed by atoms with Crippen LogP contribution in [0.4, 0.5) is 10.1 Å². The second-order valence-electron chi connectivity index (χ2n) is 6.10. The molecule has 21 heavy (non-hydrogen) atoms. The third-order valence-electron chi connectivity index (χ3n) is 4.59. The molecule has 0 bridgehead atoms. The maximum atomic E-state index is 14.3. The zero-order chi connectivity index (χ0) is 15.4. The summed E-state index contributed by atoms with van der Waals surface area (Å²) in [4.78, 5) is 4.64. The fourth-order valence-electron chi connectivity index (χ4n) is 3.25. The van der Waals surface area contributed by atoms with Crippen molar-refractivity contribution >= 4 is 5.69 Å². The van der Waals surface area contributed by atoms with Crippen molar-refractivity contribution in [3.05, 3.63) is 29.6 Å². The van der Waals surface area contributed by atoms with Crippen molar-refractivity contribution in [2.75, 3.05) is 38.6 Å². The molecule has 1 unspecified atom stereocenters. The Labute approximate surface area is 128 Å². The Morgan fingerprint density at radius 1 is 1.38 bits per heavy atom. The van der Waals surface area contributed by atoms with Gasteiger partial charge in [0.1, 0.15) is 5.82 Å². The van der Waals surface area contributed by atoms with Gasteiger partial charge in [-0.3, -0.25) is 0 Å². The molecule has 1 aliphatic heterocycles. The van der Waals surface area contributed by atoms with Crippen molar-refractivity contribution in [1.82, 2.24) is 10.2 Å². The summed E-state index contributed by atoms with van der Waals surface area (Å²) in [5, 5.41) is 3.33. The van der Waals surface area contributed by atoms with E-state index in [1.54, 1.807) is 6.07 Å². The van der Waals surface area contributed by atoms with Crippen LogP contribution in [0, 0.1) is 5.82 Å². The molecule has 1 aliphatic rings. The van der Waals surface area contributed by atoms with Gasteiger partial charge in [0.15, 0.2) is 0 Å². The monoisotopic (exact) mass is 293 g/mol. The number of nitrogens with one attached hydrogen (secondary N) is 1. The zero-order valence-electron chi connectivity index (χ0n) is 13.7. The molecule has 1 fully saturated rings. The SMILES string of the molecule is CCNC(C)c1c(F)cccc1N(C)C1CCN(C)CC1. The molecule has 0 saturated carbocycles. The van der Waals surface area contributed by atoms with Gasteiger partial charge in [0.2, 0.25) is 0 Å². The molecule has 1 aromatic rings. The van der Waals surface area contributed by atoms with E-state index in [1.165, 1.54) is 0 Å². The van der Waals surface area contributed by atoms with E-state index < -0.39 is 0 Å². The van der Waals surface area contributed by atoms with Crippen LogP contribution in [0.3, 0.4) is 0 Å². The summed E-state index contributed by atoms with van der Waals surface area (Å²) >= 11 is 0. The highest BCUT2D eigenvalue weighted by atomic mass is 19.1. The number of hydrogen-bond acceptors (Lipinski definition) is 3. The minimum absolute atomic E-state index is 0.0277. The number of benzene rings is 1. The molecule has 1 N–H and O–H groups in total. The summed E-state index contributed by atoms with van der Waals surface area (Å²) in [6.45, 7) is 7.16. The number of rotatable bonds is 5. The fourth-order valence-corrected chi connectivity index (χ4v) is 3.25. The average molecular weight is 293 g/mol. The van der Waals surface area contributed by atoms with Gasteiger partial charge in [-0.2, -0.15) is 0 Å². The van der Waals surface area contributed by atoms with Crippen LogP contribution in [0.15, 0.2) is 18.2 Å². The highest BCUT2D eigenvalue weighted by Gasteiger charge is 2.24. The van der Waals surface area contributed by atoms with Gasteiger partial charge in [-0.25, -0.2) is 4.39 Å². The van der Waals surface area contributed by atoms with Crippen LogP contribution in [-0.2, 0) is 0 Å². The Morgan fingerprint density at radius 2 is 2.05 bits per heavy atom. The Bertz CT molecular complexity index is 455. The second kappa shape index (κ2) is 7.23. The van der Waals surface area contributed by atoms with Crippen LogP contribution in [-0.4, -0.2) is 44.7 Å². The largest absolute Gasteiger partial charge is 0.371 e. The van der Waals surface area contributed by atoms with E-state index in [9.17, 15) is 4.39 Å². The summed E-state index contributed by atoms with van der Waals surface area (Å²) < 4.78 is 14.3. The van der Waals surface area contributed by atoms with Gasteiger partial charge in [-0.15, -0.1) is 0 Å². The van der Waals surface area contributed by atoms with Gasteiger partial charge < -0.3 is 15.1 Å². The third kappa shape index (κ3) is 3.74.